The Hall–Kier alpha value is -1.31. The molecular weight excluding hydrogens is 268 g/mol. The van der Waals surface area contributed by atoms with Crippen LogP contribution in [0.3, 0.4) is 0 Å². The molecule has 0 aliphatic rings. The number of hydrogen-bond donors (Lipinski definition) is 1. The lowest BCUT2D eigenvalue weighted by atomic mass is 9.88. The van der Waals surface area contributed by atoms with Gasteiger partial charge >= 0.3 is 0 Å². The van der Waals surface area contributed by atoms with E-state index in [0.717, 1.165) is 27.8 Å². The molecule has 2 aromatic rings. The first-order valence-electron chi connectivity index (χ1n) is 6.83. The Labute approximate surface area is 126 Å². The molecule has 2 rings (SSSR count). The van der Waals surface area contributed by atoms with Gasteiger partial charge in [0.05, 0.1) is 0 Å². The van der Waals surface area contributed by atoms with E-state index in [0.29, 0.717) is 5.02 Å². The van der Waals surface area contributed by atoms with Gasteiger partial charge in [0.25, 0.3) is 0 Å². The molecule has 0 aliphatic carbocycles. The summed E-state index contributed by atoms with van der Waals surface area (Å²) in [5.41, 5.74) is 7.64. The normalized spacial score (nSPS) is 12.6. The summed E-state index contributed by atoms with van der Waals surface area (Å²) >= 11 is 6.11. The first-order chi connectivity index (χ1) is 9.31. The zero-order valence-corrected chi connectivity index (χ0v) is 13.5. The van der Waals surface area contributed by atoms with E-state index in [1.165, 1.54) is 11.1 Å². The molecule has 1 atom stereocenters. The lowest BCUT2D eigenvalue weighted by molar-refractivity contribution is 0.218. The first-order valence-corrected chi connectivity index (χ1v) is 7.21. The lowest BCUT2D eigenvalue weighted by Crippen LogP contribution is -2.07. The van der Waals surface area contributed by atoms with Crippen LogP contribution in [0, 0.1) is 34.6 Å². The largest absolute Gasteiger partial charge is 0.384 e. The molecule has 0 bridgehead atoms. The van der Waals surface area contributed by atoms with Crippen LogP contribution in [0.15, 0.2) is 24.3 Å². The van der Waals surface area contributed by atoms with Gasteiger partial charge in [-0.15, -0.1) is 0 Å². The van der Waals surface area contributed by atoms with Crippen LogP contribution in [0.1, 0.15) is 45.0 Å². The zero-order valence-electron chi connectivity index (χ0n) is 12.7. The molecule has 20 heavy (non-hydrogen) atoms. The van der Waals surface area contributed by atoms with Crippen molar-refractivity contribution in [3.8, 4) is 0 Å². The predicted molar refractivity (Wildman–Crippen MR) is 85.6 cm³/mol. The fourth-order valence-corrected chi connectivity index (χ4v) is 3.04. The third kappa shape index (κ3) is 2.74. The Kier molecular flexibility index (Phi) is 4.22. The van der Waals surface area contributed by atoms with Gasteiger partial charge in [-0.2, -0.15) is 0 Å². The van der Waals surface area contributed by atoms with Crippen molar-refractivity contribution in [2.75, 3.05) is 0 Å². The SMILES string of the molecule is Cc1cc(Cl)cc(C(O)c2c(C)c(C)cc(C)c2C)c1. The average Bonchev–Trinajstić information content (AvgIpc) is 2.35. The van der Waals surface area contributed by atoms with E-state index in [2.05, 4.69) is 33.8 Å². The molecule has 2 aromatic carbocycles. The molecule has 1 unspecified atom stereocenters. The minimum absolute atomic E-state index is 0.633. The summed E-state index contributed by atoms with van der Waals surface area (Å²) in [5, 5.41) is 11.5. The first kappa shape index (κ1) is 15.1. The predicted octanol–water partition coefficient (Wildman–Crippen LogP) is 4.96. The molecule has 0 amide bonds. The van der Waals surface area contributed by atoms with E-state index in [-0.39, 0.29) is 0 Å². The van der Waals surface area contributed by atoms with Crippen molar-refractivity contribution < 1.29 is 5.11 Å². The van der Waals surface area contributed by atoms with Gasteiger partial charge in [0, 0.05) is 5.02 Å². The number of rotatable bonds is 2. The minimum Gasteiger partial charge on any atom is -0.384 e. The quantitative estimate of drug-likeness (QED) is 0.828. The molecule has 0 aliphatic heterocycles. The van der Waals surface area contributed by atoms with Crippen molar-refractivity contribution >= 4 is 11.6 Å². The van der Waals surface area contributed by atoms with Gasteiger partial charge in [-0.05, 0) is 85.7 Å². The highest BCUT2D eigenvalue weighted by Gasteiger charge is 2.18. The van der Waals surface area contributed by atoms with Crippen LogP contribution in [0.5, 0.6) is 0 Å². The molecule has 106 valence electrons. The number of halogens is 1. The summed E-state index contributed by atoms with van der Waals surface area (Å²) in [6, 6.07) is 7.91. The van der Waals surface area contributed by atoms with Gasteiger partial charge < -0.3 is 5.11 Å². The van der Waals surface area contributed by atoms with Crippen molar-refractivity contribution in [1.82, 2.24) is 0 Å². The molecule has 0 saturated heterocycles. The Morgan fingerprint density at radius 2 is 1.40 bits per heavy atom. The van der Waals surface area contributed by atoms with Crippen molar-refractivity contribution in [3.63, 3.8) is 0 Å². The summed E-state index contributed by atoms with van der Waals surface area (Å²) in [5.74, 6) is 0. The highest BCUT2D eigenvalue weighted by molar-refractivity contribution is 6.30. The van der Waals surface area contributed by atoms with Crippen LogP contribution >= 0.6 is 11.6 Å². The van der Waals surface area contributed by atoms with Crippen LogP contribution in [0.25, 0.3) is 0 Å². The molecule has 0 saturated carbocycles. The maximum Gasteiger partial charge on any atom is 0.105 e. The number of aryl methyl sites for hydroxylation is 3. The third-order valence-corrected chi connectivity index (χ3v) is 4.30. The van der Waals surface area contributed by atoms with E-state index in [9.17, 15) is 5.11 Å². The lowest BCUT2D eigenvalue weighted by Gasteiger charge is -2.21. The van der Waals surface area contributed by atoms with E-state index >= 15 is 0 Å². The molecular formula is C18H21ClO. The summed E-state index contributed by atoms with van der Waals surface area (Å²) in [6.45, 7) is 10.3. The number of benzene rings is 2. The third-order valence-electron chi connectivity index (χ3n) is 4.08. The van der Waals surface area contributed by atoms with E-state index in [1.807, 2.05) is 25.1 Å². The average molecular weight is 289 g/mol. The molecule has 2 heteroatoms. The molecule has 0 aromatic heterocycles. The summed E-state index contributed by atoms with van der Waals surface area (Å²) < 4.78 is 0. The van der Waals surface area contributed by atoms with Gasteiger partial charge in [0.1, 0.15) is 6.10 Å². The minimum atomic E-state index is -0.633. The van der Waals surface area contributed by atoms with Crippen LogP contribution in [0.4, 0.5) is 0 Å². The van der Waals surface area contributed by atoms with E-state index < -0.39 is 6.10 Å². The maximum absolute atomic E-state index is 10.8. The Bertz CT molecular complexity index is 612. The smallest absolute Gasteiger partial charge is 0.105 e. The molecule has 0 heterocycles. The Morgan fingerprint density at radius 1 is 0.850 bits per heavy atom. The summed E-state index contributed by atoms with van der Waals surface area (Å²) in [4.78, 5) is 0. The Morgan fingerprint density at radius 3 is 1.90 bits per heavy atom. The van der Waals surface area contributed by atoms with E-state index in [1.54, 1.807) is 0 Å². The summed E-state index contributed by atoms with van der Waals surface area (Å²) in [6.07, 6.45) is -0.633. The fraction of sp³-hybridized carbons (Fsp3) is 0.333. The topological polar surface area (TPSA) is 20.2 Å². The van der Waals surface area contributed by atoms with Crippen molar-refractivity contribution in [3.05, 3.63) is 68.2 Å². The van der Waals surface area contributed by atoms with Gasteiger partial charge in [0.15, 0.2) is 0 Å². The van der Waals surface area contributed by atoms with Gasteiger partial charge in [0.2, 0.25) is 0 Å². The van der Waals surface area contributed by atoms with E-state index in [4.69, 9.17) is 11.6 Å². The van der Waals surface area contributed by atoms with Crippen LogP contribution in [0.2, 0.25) is 5.02 Å². The molecule has 1 N–H and O–H groups in total. The van der Waals surface area contributed by atoms with Crippen LogP contribution in [-0.4, -0.2) is 5.11 Å². The molecule has 0 radical (unpaired) electrons. The van der Waals surface area contributed by atoms with Crippen molar-refractivity contribution in [2.45, 2.75) is 40.7 Å². The molecule has 0 spiro atoms. The highest BCUT2D eigenvalue weighted by atomic mass is 35.5. The van der Waals surface area contributed by atoms with Gasteiger partial charge in [-0.3, -0.25) is 0 Å². The monoisotopic (exact) mass is 288 g/mol. The highest BCUT2D eigenvalue weighted by Crippen LogP contribution is 2.32. The standard InChI is InChI=1S/C18H21ClO/c1-10-6-15(9-16(19)7-10)18(20)17-13(4)11(2)8-12(3)14(17)5/h6-9,18,20H,1-5H3. The molecule has 0 fully saturated rings. The Balaban J connectivity index is 2.61. The molecule has 1 nitrogen and oxygen atoms in total. The zero-order chi connectivity index (χ0) is 15.0. The van der Waals surface area contributed by atoms with Crippen LogP contribution < -0.4 is 0 Å². The number of aliphatic hydroxyl groups excluding tert-OH is 1. The van der Waals surface area contributed by atoms with Crippen molar-refractivity contribution in [1.29, 1.82) is 0 Å². The second-order valence-electron chi connectivity index (χ2n) is 5.64. The van der Waals surface area contributed by atoms with Gasteiger partial charge in [-0.1, -0.05) is 23.7 Å². The van der Waals surface area contributed by atoms with Crippen LogP contribution in [-0.2, 0) is 0 Å². The number of aliphatic hydroxyl groups is 1. The number of hydrogen-bond acceptors (Lipinski definition) is 1. The van der Waals surface area contributed by atoms with Crippen molar-refractivity contribution in [2.24, 2.45) is 0 Å². The maximum atomic E-state index is 10.8. The summed E-state index contributed by atoms with van der Waals surface area (Å²) in [7, 11) is 0. The van der Waals surface area contributed by atoms with Gasteiger partial charge in [-0.25, -0.2) is 0 Å². The second kappa shape index (κ2) is 5.59. The fourth-order valence-electron chi connectivity index (χ4n) is 2.75. The second-order valence-corrected chi connectivity index (χ2v) is 6.07.